The Morgan fingerprint density at radius 2 is 1.75 bits per heavy atom. The number of hydrogen-bond acceptors (Lipinski definition) is 7. The topological polar surface area (TPSA) is 151 Å². The fourth-order valence-corrected chi connectivity index (χ4v) is 6.01. The zero-order valence-corrected chi connectivity index (χ0v) is 25.4. The third-order valence-corrected chi connectivity index (χ3v) is 8.44. The van der Waals surface area contributed by atoms with Crippen LogP contribution >= 0.6 is 0 Å². The van der Waals surface area contributed by atoms with Crippen molar-refractivity contribution in [3.8, 4) is 5.75 Å². The SMILES string of the molecule is COc1cc([C@@H](Nc2cc(C(N)=O)ccc2F)C(=O)N2CCC[C@@H]2c2cc(NC(=O)N(C)C)ccc2S(C)(=O)=O)ccc1F. The summed E-state index contributed by atoms with van der Waals surface area (Å²) in [5, 5.41) is 5.54. The molecule has 1 aliphatic rings. The highest BCUT2D eigenvalue weighted by Crippen LogP contribution is 2.39. The Kier molecular flexibility index (Phi) is 9.42. The maximum absolute atomic E-state index is 15.0. The van der Waals surface area contributed by atoms with E-state index in [1.807, 2.05) is 0 Å². The Hall–Kier alpha value is -4.72. The van der Waals surface area contributed by atoms with Crippen molar-refractivity contribution in [3.05, 3.63) is 82.9 Å². The quantitative estimate of drug-likeness (QED) is 0.323. The van der Waals surface area contributed by atoms with Crippen LogP contribution in [0.5, 0.6) is 5.75 Å². The van der Waals surface area contributed by atoms with Crippen molar-refractivity contribution < 1.29 is 36.3 Å². The summed E-state index contributed by atoms with van der Waals surface area (Å²) in [6.45, 7) is 0.224. The van der Waals surface area contributed by atoms with Crippen LogP contribution in [0.25, 0.3) is 0 Å². The molecule has 11 nitrogen and oxygen atoms in total. The van der Waals surface area contributed by atoms with Gasteiger partial charge in [-0.25, -0.2) is 22.0 Å². The highest BCUT2D eigenvalue weighted by molar-refractivity contribution is 7.90. The smallest absolute Gasteiger partial charge is 0.321 e. The fourth-order valence-electron chi connectivity index (χ4n) is 5.07. The van der Waals surface area contributed by atoms with Crippen LogP contribution in [-0.2, 0) is 14.6 Å². The van der Waals surface area contributed by atoms with E-state index in [0.29, 0.717) is 24.1 Å². The van der Waals surface area contributed by atoms with Crippen molar-refractivity contribution in [2.45, 2.75) is 29.8 Å². The molecule has 1 heterocycles. The zero-order chi connectivity index (χ0) is 32.3. The van der Waals surface area contributed by atoms with Crippen LogP contribution in [0.2, 0.25) is 0 Å². The van der Waals surface area contributed by atoms with E-state index in [1.54, 1.807) is 14.1 Å². The number of benzene rings is 3. The number of urea groups is 1. The molecule has 14 heteroatoms. The first-order valence-corrected chi connectivity index (χ1v) is 15.4. The summed E-state index contributed by atoms with van der Waals surface area (Å²) in [6.07, 6.45) is 1.96. The van der Waals surface area contributed by atoms with Crippen LogP contribution < -0.4 is 21.1 Å². The second kappa shape index (κ2) is 12.9. The summed E-state index contributed by atoms with van der Waals surface area (Å²) in [5.41, 5.74) is 6.01. The number of halogens is 2. The van der Waals surface area contributed by atoms with Gasteiger partial charge in [-0.15, -0.1) is 0 Å². The van der Waals surface area contributed by atoms with Crippen molar-refractivity contribution in [2.24, 2.45) is 5.73 Å². The number of primary amides is 1. The second-order valence-corrected chi connectivity index (χ2v) is 12.6. The Morgan fingerprint density at radius 1 is 1.05 bits per heavy atom. The summed E-state index contributed by atoms with van der Waals surface area (Å²) >= 11 is 0. The van der Waals surface area contributed by atoms with E-state index >= 15 is 0 Å². The van der Waals surface area contributed by atoms with E-state index in [0.717, 1.165) is 18.4 Å². The number of hydrogen-bond donors (Lipinski definition) is 3. The van der Waals surface area contributed by atoms with Gasteiger partial charge >= 0.3 is 6.03 Å². The number of methoxy groups -OCH3 is 1. The van der Waals surface area contributed by atoms with Gasteiger partial charge in [-0.05, 0) is 72.5 Å². The molecule has 0 aromatic heterocycles. The number of likely N-dealkylation sites (tertiary alicyclic amines) is 1. The van der Waals surface area contributed by atoms with E-state index < -0.39 is 51.4 Å². The van der Waals surface area contributed by atoms with Crippen LogP contribution in [0.3, 0.4) is 0 Å². The van der Waals surface area contributed by atoms with Gasteiger partial charge in [-0.1, -0.05) is 6.07 Å². The maximum Gasteiger partial charge on any atom is 0.321 e. The molecule has 1 fully saturated rings. The highest BCUT2D eigenvalue weighted by atomic mass is 32.2. The zero-order valence-electron chi connectivity index (χ0n) is 24.6. The molecule has 0 unspecified atom stereocenters. The minimum absolute atomic E-state index is 0.00906. The lowest BCUT2D eigenvalue weighted by molar-refractivity contribution is -0.133. The molecule has 4 amide bonds. The molecular weight excluding hydrogens is 596 g/mol. The van der Waals surface area contributed by atoms with Crippen LogP contribution in [-0.4, -0.2) is 70.1 Å². The number of nitrogens with two attached hydrogens (primary N) is 1. The number of carbonyl (C=O) groups excluding carboxylic acids is 3. The predicted molar refractivity (Wildman–Crippen MR) is 160 cm³/mol. The number of amides is 4. The van der Waals surface area contributed by atoms with Gasteiger partial charge in [0.2, 0.25) is 11.8 Å². The second-order valence-electron chi connectivity index (χ2n) is 10.6. The molecule has 0 spiro atoms. The number of nitrogens with zero attached hydrogens (tertiary/aromatic N) is 2. The molecule has 1 aliphatic heterocycles. The molecule has 0 aliphatic carbocycles. The van der Waals surface area contributed by atoms with Crippen molar-refractivity contribution in [1.29, 1.82) is 0 Å². The molecule has 4 N–H and O–H groups in total. The van der Waals surface area contributed by atoms with Gasteiger partial charge in [0.1, 0.15) is 11.9 Å². The number of carbonyl (C=O) groups is 3. The summed E-state index contributed by atoms with van der Waals surface area (Å²) in [5.74, 6) is -3.00. The molecule has 234 valence electrons. The fraction of sp³-hybridized carbons (Fsp3) is 0.300. The average Bonchev–Trinajstić information content (AvgIpc) is 3.46. The van der Waals surface area contributed by atoms with E-state index in [1.165, 1.54) is 59.4 Å². The molecule has 0 radical (unpaired) electrons. The summed E-state index contributed by atoms with van der Waals surface area (Å²) in [7, 11) is 0.602. The van der Waals surface area contributed by atoms with Gasteiger partial charge in [-0.2, -0.15) is 0 Å². The lowest BCUT2D eigenvalue weighted by Crippen LogP contribution is -2.38. The molecule has 0 saturated carbocycles. The van der Waals surface area contributed by atoms with E-state index in [2.05, 4.69) is 10.6 Å². The van der Waals surface area contributed by atoms with Gasteiger partial charge in [0.25, 0.3) is 0 Å². The molecule has 44 heavy (non-hydrogen) atoms. The third-order valence-electron chi connectivity index (χ3n) is 7.27. The lowest BCUT2D eigenvalue weighted by atomic mass is 10.0. The van der Waals surface area contributed by atoms with Crippen LogP contribution in [0, 0.1) is 11.6 Å². The van der Waals surface area contributed by atoms with Crippen LogP contribution in [0.15, 0.2) is 59.5 Å². The van der Waals surface area contributed by atoms with Crippen molar-refractivity contribution in [3.63, 3.8) is 0 Å². The maximum atomic E-state index is 15.0. The molecule has 0 bridgehead atoms. The van der Waals surface area contributed by atoms with Crippen molar-refractivity contribution in [1.82, 2.24) is 9.80 Å². The molecule has 3 aromatic carbocycles. The van der Waals surface area contributed by atoms with Gasteiger partial charge in [0.05, 0.1) is 23.7 Å². The standard InChI is InChI=1S/C30H33F2N5O6S/c1-36(2)30(40)34-19-9-12-26(44(4,41)42)20(16-19)24-6-5-13-37(24)29(39)27(17-7-11-22(32)25(15-17)43-3)35-23-14-18(28(33)38)8-10-21(23)31/h7-12,14-16,24,27,35H,5-6,13H2,1-4H3,(H2,33,38)(H,34,40)/t24-,27-/m1/s1. The predicted octanol–water partition coefficient (Wildman–Crippen LogP) is 4.09. The average molecular weight is 630 g/mol. The molecule has 2 atom stereocenters. The third kappa shape index (κ3) is 6.91. The Morgan fingerprint density at radius 3 is 2.39 bits per heavy atom. The van der Waals surface area contributed by atoms with Gasteiger partial charge in [-0.3, -0.25) is 9.59 Å². The number of nitrogens with one attached hydrogen (secondary N) is 2. The van der Waals surface area contributed by atoms with Gasteiger partial charge in [0.15, 0.2) is 21.4 Å². The number of sulfone groups is 1. The Bertz CT molecular complexity index is 1720. The van der Waals surface area contributed by atoms with Crippen LogP contribution in [0.1, 0.15) is 46.4 Å². The molecule has 1 saturated heterocycles. The molecule has 3 aromatic rings. The van der Waals surface area contributed by atoms with Crippen LogP contribution in [0.4, 0.5) is 25.0 Å². The number of ether oxygens (including phenoxy) is 1. The first-order valence-electron chi connectivity index (χ1n) is 13.5. The summed E-state index contributed by atoms with van der Waals surface area (Å²) in [6, 6.07) is 9.01. The molecular formula is C30H33F2N5O6S. The highest BCUT2D eigenvalue weighted by Gasteiger charge is 2.37. The molecule has 4 rings (SSSR count). The first-order chi connectivity index (χ1) is 20.7. The monoisotopic (exact) mass is 629 g/mol. The minimum atomic E-state index is -3.76. The normalized spacial score (nSPS) is 15.4. The largest absolute Gasteiger partial charge is 0.494 e. The van der Waals surface area contributed by atoms with Gasteiger partial charge in [0, 0.05) is 38.1 Å². The van der Waals surface area contributed by atoms with E-state index in [4.69, 9.17) is 10.5 Å². The summed E-state index contributed by atoms with van der Waals surface area (Å²) < 4.78 is 60.0. The van der Waals surface area contributed by atoms with Gasteiger partial charge < -0.3 is 30.9 Å². The number of anilines is 2. The first kappa shape index (κ1) is 32.2. The van der Waals surface area contributed by atoms with Crippen molar-refractivity contribution >= 4 is 39.1 Å². The van der Waals surface area contributed by atoms with E-state index in [-0.39, 0.29) is 34.0 Å². The minimum Gasteiger partial charge on any atom is -0.494 e. The van der Waals surface area contributed by atoms with E-state index in [9.17, 15) is 31.6 Å². The lowest BCUT2D eigenvalue weighted by Gasteiger charge is -2.31. The number of rotatable bonds is 9. The summed E-state index contributed by atoms with van der Waals surface area (Å²) in [4.78, 5) is 41.2. The Balaban J connectivity index is 1.81. The Labute approximate surface area is 253 Å². The van der Waals surface area contributed by atoms with Crippen molar-refractivity contribution in [2.75, 3.05) is 44.6 Å².